The molecule has 0 saturated carbocycles. The number of likely N-dealkylation sites (N-methyl/N-ethyl adjacent to an activating group) is 1. The maximum absolute atomic E-state index is 5.97. The molecule has 0 unspecified atom stereocenters. The maximum atomic E-state index is 5.97. The van der Waals surface area contributed by atoms with Crippen molar-refractivity contribution in [1.82, 2.24) is 5.32 Å². The summed E-state index contributed by atoms with van der Waals surface area (Å²) < 4.78 is 0. The molecule has 1 N–H and O–H groups in total. The Bertz CT molecular complexity index is 347. The molecule has 1 aromatic rings. The van der Waals surface area contributed by atoms with Gasteiger partial charge in [-0.3, -0.25) is 0 Å². The van der Waals surface area contributed by atoms with Crippen molar-refractivity contribution in [2.24, 2.45) is 0 Å². The summed E-state index contributed by atoms with van der Waals surface area (Å²) in [6.07, 6.45) is 3.87. The van der Waals surface area contributed by atoms with E-state index in [2.05, 4.69) is 5.32 Å². The Hall–Kier alpha value is -0.210. The molecule has 0 aliphatic rings. The van der Waals surface area contributed by atoms with Gasteiger partial charge < -0.3 is 5.32 Å². The van der Waals surface area contributed by atoms with Crippen LogP contribution in [0.25, 0.3) is 6.08 Å². The highest BCUT2D eigenvalue weighted by Crippen LogP contribution is 2.29. The van der Waals surface area contributed by atoms with Crippen LogP contribution in [0.4, 0.5) is 0 Å². The molecule has 0 aliphatic carbocycles. The van der Waals surface area contributed by atoms with E-state index in [9.17, 15) is 0 Å². The van der Waals surface area contributed by atoms with Crippen molar-refractivity contribution in [2.45, 2.75) is 0 Å². The Labute approximate surface area is 98.7 Å². The number of hydrogen-bond acceptors (Lipinski definition) is 1. The fourth-order valence-electron chi connectivity index (χ4n) is 0.969. The summed E-state index contributed by atoms with van der Waals surface area (Å²) in [5.74, 6) is 0. The monoisotopic (exact) mass is 249 g/mol. The lowest BCUT2D eigenvalue weighted by Gasteiger charge is -2.01. The van der Waals surface area contributed by atoms with Gasteiger partial charge >= 0.3 is 0 Å². The number of hydrogen-bond donors (Lipinski definition) is 1. The molecule has 1 nitrogen and oxygen atoms in total. The molecule has 0 heterocycles. The molecule has 0 atom stereocenters. The molecule has 0 aromatic heterocycles. The van der Waals surface area contributed by atoms with Gasteiger partial charge in [0.15, 0.2) is 0 Å². The van der Waals surface area contributed by atoms with Crippen molar-refractivity contribution in [3.63, 3.8) is 0 Å². The average Bonchev–Trinajstić information content (AvgIpc) is 2.14. The van der Waals surface area contributed by atoms with E-state index < -0.39 is 0 Å². The van der Waals surface area contributed by atoms with Crippen LogP contribution in [-0.4, -0.2) is 13.6 Å². The van der Waals surface area contributed by atoms with E-state index in [4.69, 9.17) is 34.8 Å². The fraction of sp³-hybridized carbons (Fsp3) is 0.200. The molecule has 1 rings (SSSR count). The van der Waals surface area contributed by atoms with Crippen molar-refractivity contribution in [1.29, 1.82) is 0 Å². The van der Waals surface area contributed by atoms with Gasteiger partial charge in [0.2, 0.25) is 0 Å². The average molecular weight is 251 g/mol. The largest absolute Gasteiger partial charge is 0.316 e. The molecule has 0 saturated heterocycles. The summed E-state index contributed by atoms with van der Waals surface area (Å²) in [6.45, 7) is 0.788. The zero-order valence-corrected chi connectivity index (χ0v) is 9.92. The minimum absolute atomic E-state index is 0.474. The summed E-state index contributed by atoms with van der Waals surface area (Å²) in [5.41, 5.74) is 0.872. The highest BCUT2D eigenvalue weighted by molar-refractivity contribution is 6.43. The van der Waals surface area contributed by atoms with Crippen LogP contribution in [0.2, 0.25) is 15.1 Å². The third-order valence-corrected chi connectivity index (χ3v) is 2.71. The van der Waals surface area contributed by atoms with Crippen molar-refractivity contribution in [3.05, 3.63) is 38.8 Å². The molecule has 0 bridgehead atoms. The van der Waals surface area contributed by atoms with E-state index in [0.717, 1.165) is 12.1 Å². The van der Waals surface area contributed by atoms with Gasteiger partial charge in [0.05, 0.1) is 10.0 Å². The van der Waals surface area contributed by atoms with Gasteiger partial charge in [-0.1, -0.05) is 47.0 Å². The summed E-state index contributed by atoms with van der Waals surface area (Å²) in [7, 11) is 1.88. The number of rotatable bonds is 3. The van der Waals surface area contributed by atoms with Crippen molar-refractivity contribution in [2.75, 3.05) is 13.6 Å². The summed E-state index contributed by atoms with van der Waals surface area (Å²) in [4.78, 5) is 0. The molecular formula is C10H10Cl3N. The van der Waals surface area contributed by atoms with Crippen LogP contribution >= 0.6 is 34.8 Å². The predicted molar refractivity (Wildman–Crippen MR) is 64.4 cm³/mol. The van der Waals surface area contributed by atoms with Crippen LogP contribution in [0.1, 0.15) is 5.56 Å². The third kappa shape index (κ3) is 3.18. The normalized spacial score (nSPS) is 11.1. The minimum Gasteiger partial charge on any atom is -0.316 e. The molecule has 0 spiro atoms. The molecule has 4 heteroatoms. The van der Waals surface area contributed by atoms with Crippen LogP contribution in [0, 0.1) is 0 Å². The quantitative estimate of drug-likeness (QED) is 0.803. The second kappa shape index (κ2) is 5.62. The first-order valence-electron chi connectivity index (χ1n) is 4.11. The van der Waals surface area contributed by atoms with Gasteiger partial charge in [-0.05, 0) is 24.7 Å². The highest BCUT2D eigenvalue weighted by atomic mass is 35.5. The lowest BCUT2D eigenvalue weighted by atomic mass is 10.2. The van der Waals surface area contributed by atoms with Crippen LogP contribution in [0.3, 0.4) is 0 Å². The Kier molecular flexibility index (Phi) is 4.76. The van der Waals surface area contributed by atoms with Crippen molar-refractivity contribution >= 4 is 40.9 Å². The third-order valence-electron chi connectivity index (χ3n) is 1.66. The second-order valence-electron chi connectivity index (χ2n) is 2.75. The van der Waals surface area contributed by atoms with E-state index in [0.29, 0.717) is 15.1 Å². The van der Waals surface area contributed by atoms with Crippen LogP contribution in [-0.2, 0) is 0 Å². The Balaban J connectivity index is 2.92. The lowest BCUT2D eigenvalue weighted by molar-refractivity contribution is 0.922. The van der Waals surface area contributed by atoms with E-state index in [-0.39, 0.29) is 0 Å². The molecule has 0 radical (unpaired) electrons. The molecule has 1 aromatic carbocycles. The minimum atomic E-state index is 0.474. The first-order valence-corrected chi connectivity index (χ1v) is 5.24. The number of halogens is 3. The summed E-state index contributed by atoms with van der Waals surface area (Å²) in [5, 5.41) is 4.59. The van der Waals surface area contributed by atoms with Crippen LogP contribution in [0.15, 0.2) is 18.2 Å². The lowest BCUT2D eigenvalue weighted by Crippen LogP contribution is -2.03. The second-order valence-corrected chi connectivity index (χ2v) is 3.97. The van der Waals surface area contributed by atoms with Gasteiger partial charge in [0.1, 0.15) is 0 Å². The van der Waals surface area contributed by atoms with Crippen LogP contribution < -0.4 is 5.32 Å². The summed E-state index contributed by atoms with van der Waals surface area (Å²) >= 11 is 17.6. The zero-order valence-electron chi connectivity index (χ0n) is 7.65. The standard InChI is InChI=1S/C10H10Cl3N/c1-14-4-2-3-7-5-9(12)10(13)6-8(7)11/h2-3,5-6,14H,4H2,1H3. The van der Waals surface area contributed by atoms with Gasteiger partial charge in [0, 0.05) is 11.6 Å². The van der Waals surface area contributed by atoms with Gasteiger partial charge in [0.25, 0.3) is 0 Å². The van der Waals surface area contributed by atoms with E-state index in [1.807, 2.05) is 19.2 Å². The fourth-order valence-corrected chi connectivity index (χ4v) is 1.59. The SMILES string of the molecule is CNCC=Cc1cc(Cl)c(Cl)cc1Cl. The molecule has 0 aliphatic heterocycles. The predicted octanol–water partition coefficient (Wildman–Crippen LogP) is 3.88. The Morgan fingerprint density at radius 1 is 1.14 bits per heavy atom. The van der Waals surface area contributed by atoms with Crippen molar-refractivity contribution < 1.29 is 0 Å². The first-order chi connectivity index (χ1) is 6.65. The van der Waals surface area contributed by atoms with Gasteiger partial charge in [-0.25, -0.2) is 0 Å². The van der Waals surface area contributed by atoms with Crippen molar-refractivity contribution in [3.8, 4) is 0 Å². The first kappa shape index (κ1) is 11.9. The number of nitrogens with one attached hydrogen (secondary N) is 1. The molecular weight excluding hydrogens is 240 g/mol. The Morgan fingerprint density at radius 3 is 2.43 bits per heavy atom. The molecule has 14 heavy (non-hydrogen) atoms. The number of benzene rings is 1. The van der Waals surface area contributed by atoms with E-state index in [1.54, 1.807) is 12.1 Å². The molecule has 0 fully saturated rings. The molecule has 76 valence electrons. The van der Waals surface area contributed by atoms with Gasteiger partial charge in [-0.2, -0.15) is 0 Å². The zero-order chi connectivity index (χ0) is 10.6. The van der Waals surface area contributed by atoms with E-state index in [1.165, 1.54) is 0 Å². The van der Waals surface area contributed by atoms with E-state index >= 15 is 0 Å². The van der Waals surface area contributed by atoms with Gasteiger partial charge in [-0.15, -0.1) is 0 Å². The maximum Gasteiger partial charge on any atom is 0.0607 e. The van der Waals surface area contributed by atoms with Crippen LogP contribution in [0.5, 0.6) is 0 Å². The highest BCUT2D eigenvalue weighted by Gasteiger charge is 2.02. The smallest absolute Gasteiger partial charge is 0.0607 e. The molecule has 0 amide bonds. The summed E-state index contributed by atoms with van der Waals surface area (Å²) in [6, 6.07) is 3.39. The Morgan fingerprint density at radius 2 is 1.79 bits per heavy atom. The topological polar surface area (TPSA) is 12.0 Å².